The summed E-state index contributed by atoms with van der Waals surface area (Å²) in [6.45, 7) is 2.00. The number of carbonyl (C=O) groups excluding carboxylic acids is 1. The summed E-state index contributed by atoms with van der Waals surface area (Å²) in [4.78, 5) is 24.5. The highest BCUT2D eigenvalue weighted by Crippen LogP contribution is 2.27. The smallest absolute Gasteiger partial charge is 0.344 e. The molecule has 0 spiro atoms. The molecule has 116 valence electrons. The summed E-state index contributed by atoms with van der Waals surface area (Å²) in [6.07, 6.45) is 0. The summed E-state index contributed by atoms with van der Waals surface area (Å²) in [5, 5.41) is 0.792. The van der Waals surface area contributed by atoms with Gasteiger partial charge in [0, 0.05) is 15.4 Å². The minimum atomic E-state index is -0.489. The van der Waals surface area contributed by atoms with Gasteiger partial charge in [0.25, 0.3) is 0 Å². The fourth-order valence-corrected chi connectivity index (χ4v) is 2.74. The van der Waals surface area contributed by atoms with Gasteiger partial charge in [0.05, 0.1) is 17.7 Å². The molecule has 1 aromatic heterocycles. The van der Waals surface area contributed by atoms with Gasteiger partial charge in [-0.3, -0.25) is 0 Å². The summed E-state index contributed by atoms with van der Waals surface area (Å²) in [5.74, 6) is -0.476. The molecular weight excluding hydrogens is 360 g/mol. The number of para-hydroxylation sites is 1. The Morgan fingerprint density at radius 1 is 1.13 bits per heavy atom. The van der Waals surface area contributed by atoms with Gasteiger partial charge in [-0.2, -0.15) is 0 Å². The van der Waals surface area contributed by atoms with E-state index in [9.17, 15) is 9.59 Å². The minimum Gasteiger partial charge on any atom is -0.462 e. The number of benzene rings is 2. The molecular formula is C18H13BrO4. The Balaban J connectivity index is 2.24. The highest BCUT2D eigenvalue weighted by Gasteiger charge is 2.18. The Morgan fingerprint density at radius 3 is 2.70 bits per heavy atom. The number of esters is 1. The number of fused-ring (bicyclic) bond motifs is 1. The monoisotopic (exact) mass is 372 g/mol. The van der Waals surface area contributed by atoms with Crippen LogP contribution in [0.1, 0.15) is 17.3 Å². The molecule has 3 rings (SSSR count). The van der Waals surface area contributed by atoms with Gasteiger partial charge in [0.15, 0.2) is 0 Å². The maximum absolute atomic E-state index is 12.3. The lowest BCUT2D eigenvalue weighted by Crippen LogP contribution is -2.10. The van der Waals surface area contributed by atoms with Crippen molar-refractivity contribution in [3.05, 3.63) is 69.0 Å². The van der Waals surface area contributed by atoms with Gasteiger partial charge < -0.3 is 9.15 Å². The summed E-state index contributed by atoms with van der Waals surface area (Å²) in [6, 6.07) is 14.1. The fourth-order valence-electron chi connectivity index (χ4n) is 2.38. The molecule has 5 heteroatoms. The Morgan fingerprint density at radius 2 is 1.91 bits per heavy atom. The normalized spacial score (nSPS) is 10.7. The van der Waals surface area contributed by atoms with Crippen LogP contribution in [0.15, 0.2) is 62.2 Å². The number of halogens is 1. The number of hydrogen-bond donors (Lipinski definition) is 0. The molecule has 0 aliphatic heterocycles. The Bertz CT molecular complexity index is 943. The van der Waals surface area contributed by atoms with Crippen LogP contribution in [0.3, 0.4) is 0 Å². The van der Waals surface area contributed by atoms with Crippen LogP contribution in [0.5, 0.6) is 0 Å². The Kier molecular flexibility index (Phi) is 4.30. The van der Waals surface area contributed by atoms with E-state index in [1.807, 2.05) is 12.1 Å². The predicted octanol–water partition coefficient (Wildman–Crippen LogP) is 4.40. The van der Waals surface area contributed by atoms with Crippen molar-refractivity contribution in [1.82, 2.24) is 0 Å². The van der Waals surface area contributed by atoms with Crippen molar-refractivity contribution in [3.63, 3.8) is 0 Å². The van der Waals surface area contributed by atoms with Gasteiger partial charge in [-0.05, 0) is 31.2 Å². The van der Waals surface area contributed by atoms with Gasteiger partial charge >= 0.3 is 11.6 Å². The van der Waals surface area contributed by atoms with Crippen LogP contribution in [0, 0.1) is 0 Å². The van der Waals surface area contributed by atoms with Gasteiger partial charge in [-0.1, -0.05) is 40.2 Å². The van der Waals surface area contributed by atoms with E-state index in [2.05, 4.69) is 15.9 Å². The number of rotatable bonds is 3. The molecule has 0 N–H and O–H groups in total. The average Bonchev–Trinajstić information content (AvgIpc) is 2.54. The van der Waals surface area contributed by atoms with E-state index >= 15 is 0 Å². The van der Waals surface area contributed by atoms with E-state index in [1.54, 1.807) is 43.3 Å². The number of carbonyl (C=O) groups is 1. The van der Waals surface area contributed by atoms with E-state index in [-0.39, 0.29) is 6.61 Å². The van der Waals surface area contributed by atoms with Crippen LogP contribution >= 0.6 is 15.9 Å². The Hall–Kier alpha value is -2.40. The summed E-state index contributed by atoms with van der Waals surface area (Å²) in [5.41, 5.74) is 1.17. The van der Waals surface area contributed by atoms with Gasteiger partial charge in [0.2, 0.25) is 0 Å². The van der Waals surface area contributed by atoms with Crippen molar-refractivity contribution < 1.29 is 13.9 Å². The predicted molar refractivity (Wildman–Crippen MR) is 91.6 cm³/mol. The van der Waals surface area contributed by atoms with Crippen molar-refractivity contribution in [2.45, 2.75) is 6.92 Å². The van der Waals surface area contributed by atoms with Crippen LogP contribution in [0.25, 0.3) is 22.1 Å². The molecule has 0 saturated heterocycles. The maximum atomic E-state index is 12.3. The molecule has 0 bridgehead atoms. The van der Waals surface area contributed by atoms with Crippen molar-refractivity contribution in [2.75, 3.05) is 6.61 Å². The largest absolute Gasteiger partial charge is 0.462 e. The maximum Gasteiger partial charge on any atom is 0.344 e. The first-order chi connectivity index (χ1) is 11.1. The second kappa shape index (κ2) is 6.38. The van der Waals surface area contributed by atoms with Crippen LogP contribution < -0.4 is 5.63 Å². The van der Waals surface area contributed by atoms with Crippen LogP contribution in [-0.4, -0.2) is 12.6 Å². The second-order valence-electron chi connectivity index (χ2n) is 4.90. The third-order valence-corrected chi connectivity index (χ3v) is 3.90. The molecule has 0 atom stereocenters. The quantitative estimate of drug-likeness (QED) is 0.505. The molecule has 23 heavy (non-hydrogen) atoms. The number of ether oxygens (including phenoxy) is 1. The summed E-state index contributed by atoms with van der Waals surface area (Å²) in [7, 11) is 0. The SMILES string of the molecule is CCOC(=O)c1cc(Br)ccc1-c1cc2ccccc2oc1=O. The third kappa shape index (κ3) is 3.05. The lowest BCUT2D eigenvalue weighted by Gasteiger charge is -2.09. The molecule has 0 radical (unpaired) electrons. The number of hydrogen-bond acceptors (Lipinski definition) is 4. The van der Waals surface area contributed by atoms with Gasteiger partial charge in [0.1, 0.15) is 5.58 Å². The van der Waals surface area contributed by atoms with Crippen molar-refractivity contribution in [2.24, 2.45) is 0 Å². The van der Waals surface area contributed by atoms with Gasteiger partial charge in [-0.15, -0.1) is 0 Å². The molecule has 0 fully saturated rings. The molecule has 0 aliphatic carbocycles. The fraction of sp³-hybridized carbons (Fsp3) is 0.111. The summed E-state index contributed by atoms with van der Waals surface area (Å²) < 4.78 is 11.2. The molecule has 4 nitrogen and oxygen atoms in total. The molecule has 0 aliphatic rings. The van der Waals surface area contributed by atoms with Crippen molar-refractivity contribution >= 4 is 32.9 Å². The van der Waals surface area contributed by atoms with Crippen LogP contribution in [0.4, 0.5) is 0 Å². The zero-order chi connectivity index (χ0) is 16.4. The van der Waals surface area contributed by atoms with Crippen molar-refractivity contribution in [3.8, 4) is 11.1 Å². The molecule has 0 unspecified atom stereocenters. The van der Waals surface area contributed by atoms with Crippen LogP contribution in [0.2, 0.25) is 0 Å². The summed E-state index contributed by atoms with van der Waals surface area (Å²) >= 11 is 3.34. The zero-order valence-corrected chi connectivity index (χ0v) is 13.9. The standard InChI is InChI=1S/C18H13BrO4/c1-2-22-17(20)15-10-12(19)7-8-13(15)14-9-11-5-3-4-6-16(11)23-18(14)21/h3-10H,2H2,1H3. The highest BCUT2D eigenvalue weighted by molar-refractivity contribution is 9.10. The zero-order valence-electron chi connectivity index (χ0n) is 12.3. The van der Waals surface area contributed by atoms with E-state index in [4.69, 9.17) is 9.15 Å². The molecule has 2 aromatic carbocycles. The Labute approximate surface area is 140 Å². The first-order valence-corrected chi connectivity index (χ1v) is 7.89. The second-order valence-corrected chi connectivity index (χ2v) is 5.81. The molecule has 0 amide bonds. The molecule has 0 saturated carbocycles. The first kappa shape index (κ1) is 15.5. The average molecular weight is 373 g/mol. The van der Waals surface area contributed by atoms with Crippen molar-refractivity contribution in [1.29, 1.82) is 0 Å². The van der Waals surface area contributed by atoms with Gasteiger partial charge in [-0.25, -0.2) is 9.59 Å². The van der Waals surface area contributed by atoms with Crippen LogP contribution in [-0.2, 0) is 4.74 Å². The topological polar surface area (TPSA) is 56.5 Å². The van der Waals surface area contributed by atoms with E-state index in [0.29, 0.717) is 22.3 Å². The van der Waals surface area contributed by atoms with E-state index in [0.717, 1.165) is 9.86 Å². The molecule has 1 heterocycles. The molecule has 3 aromatic rings. The third-order valence-electron chi connectivity index (χ3n) is 3.41. The van der Waals surface area contributed by atoms with E-state index in [1.165, 1.54) is 0 Å². The minimum absolute atomic E-state index is 0.261. The highest BCUT2D eigenvalue weighted by atomic mass is 79.9. The lowest BCUT2D eigenvalue weighted by molar-refractivity contribution is 0.0527. The first-order valence-electron chi connectivity index (χ1n) is 7.10. The lowest BCUT2D eigenvalue weighted by atomic mass is 10.00. The van der Waals surface area contributed by atoms with E-state index < -0.39 is 11.6 Å².